The van der Waals surface area contributed by atoms with Crippen LogP contribution in [0.1, 0.15) is 23.6 Å². The van der Waals surface area contributed by atoms with Gasteiger partial charge in [-0.1, -0.05) is 30.3 Å². The Bertz CT molecular complexity index is 553. The smallest absolute Gasteiger partial charge is 0.0753 e. The number of rotatable bonds is 2. The van der Waals surface area contributed by atoms with Crippen molar-refractivity contribution >= 4 is 16.8 Å². The molecule has 0 radical (unpaired) electrons. The molecule has 0 N–H and O–H groups in total. The summed E-state index contributed by atoms with van der Waals surface area (Å²) in [6.45, 7) is 0. The second kappa shape index (κ2) is 5.07. The fourth-order valence-electron chi connectivity index (χ4n) is 2.60. The van der Waals surface area contributed by atoms with Crippen LogP contribution in [0.25, 0.3) is 5.03 Å². The van der Waals surface area contributed by atoms with Crippen LogP contribution in [0.4, 0.5) is 0 Å². The maximum atomic E-state index is 2.41. The van der Waals surface area contributed by atoms with Crippen LogP contribution in [0, 0.1) is 0 Å². The van der Waals surface area contributed by atoms with Crippen LogP contribution < -0.4 is 0 Å². The van der Waals surface area contributed by atoms with E-state index < -0.39 is 0 Å². The molecule has 1 atom stereocenters. The van der Waals surface area contributed by atoms with Gasteiger partial charge in [-0.2, -0.15) is 0 Å². The van der Waals surface area contributed by atoms with E-state index in [0.717, 1.165) is 6.42 Å². The Kier molecular flexibility index (Phi) is 3.28. The maximum absolute atomic E-state index is 2.41. The molecule has 0 saturated heterocycles. The Labute approximate surface area is 113 Å². The molecule has 0 saturated carbocycles. The molecule has 0 aliphatic carbocycles. The van der Waals surface area contributed by atoms with Gasteiger partial charge in [-0.05, 0) is 42.9 Å². The van der Waals surface area contributed by atoms with Crippen LogP contribution in [-0.4, -0.2) is 10.8 Å². The topological polar surface area (TPSA) is 4.93 Å². The summed E-state index contributed by atoms with van der Waals surface area (Å²) < 4.78 is 2.33. The molecule has 2 aromatic rings. The van der Waals surface area contributed by atoms with Crippen molar-refractivity contribution in [3.8, 4) is 0 Å². The SMILES string of the molecule is CSC1=CC(c2ccccc2)CCc2cccn21. The highest BCUT2D eigenvalue weighted by Crippen LogP contribution is 2.33. The van der Waals surface area contributed by atoms with Gasteiger partial charge in [0.05, 0.1) is 5.03 Å². The van der Waals surface area contributed by atoms with Gasteiger partial charge in [0.1, 0.15) is 0 Å². The Balaban J connectivity index is 1.99. The summed E-state index contributed by atoms with van der Waals surface area (Å²) in [4.78, 5) is 0. The third-order valence-corrected chi connectivity index (χ3v) is 4.31. The maximum Gasteiger partial charge on any atom is 0.0753 e. The summed E-state index contributed by atoms with van der Waals surface area (Å²) in [6.07, 6.45) is 9.08. The Hall–Kier alpha value is -1.41. The molecule has 18 heavy (non-hydrogen) atoms. The normalized spacial score (nSPS) is 18.9. The molecule has 1 nitrogen and oxygen atoms in total. The van der Waals surface area contributed by atoms with Crippen LogP contribution in [0.3, 0.4) is 0 Å². The van der Waals surface area contributed by atoms with Crippen LogP contribution in [0.2, 0.25) is 0 Å². The van der Waals surface area contributed by atoms with Gasteiger partial charge >= 0.3 is 0 Å². The fraction of sp³-hybridized carbons (Fsp3) is 0.250. The predicted molar refractivity (Wildman–Crippen MR) is 79.7 cm³/mol. The summed E-state index contributed by atoms with van der Waals surface area (Å²) in [5, 5.41) is 1.35. The average Bonchev–Trinajstić information content (AvgIpc) is 2.82. The van der Waals surface area contributed by atoms with Crippen molar-refractivity contribution in [2.75, 3.05) is 6.26 Å². The Morgan fingerprint density at radius 1 is 1.11 bits per heavy atom. The van der Waals surface area contributed by atoms with Crippen molar-refractivity contribution < 1.29 is 0 Å². The van der Waals surface area contributed by atoms with Gasteiger partial charge in [-0.25, -0.2) is 0 Å². The third-order valence-electron chi connectivity index (χ3n) is 3.56. The van der Waals surface area contributed by atoms with Crippen LogP contribution in [0.5, 0.6) is 0 Å². The first-order valence-electron chi connectivity index (χ1n) is 6.36. The summed E-state index contributed by atoms with van der Waals surface area (Å²) in [7, 11) is 0. The lowest BCUT2D eigenvalue weighted by atomic mass is 9.94. The highest BCUT2D eigenvalue weighted by Gasteiger charge is 2.17. The lowest BCUT2D eigenvalue weighted by Crippen LogP contribution is -1.96. The number of thioether (sulfide) groups is 1. The zero-order valence-corrected chi connectivity index (χ0v) is 11.4. The second-order valence-electron chi connectivity index (χ2n) is 4.63. The summed E-state index contributed by atoms with van der Waals surface area (Å²) in [5.41, 5.74) is 2.85. The minimum Gasteiger partial charge on any atom is -0.316 e. The van der Waals surface area contributed by atoms with Crippen LogP contribution in [-0.2, 0) is 6.42 Å². The average molecular weight is 255 g/mol. The number of fused-ring (bicyclic) bond motifs is 1. The van der Waals surface area contributed by atoms with E-state index in [-0.39, 0.29) is 0 Å². The van der Waals surface area contributed by atoms with E-state index in [0.29, 0.717) is 5.92 Å². The van der Waals surface area contributed by atoms with Crippen molar-refractivity contribution in [1.29, 1.82) is 0 Å². The van der Waals surface area contributed by atoms with Gasteiger partial charge in [-0.3, -0.25) is 0 Å². The molecule has 1 aromatic heterocycles. The number of benzene rings is 1. The molecule has 1 aliphatic heterocycles. The molecular weight excluding hydrogens is 238 g/mol. The second-order valence-corrected chi connectivity index (χ2v) is 5.46. The van der Waals surface area contributed by atoms with Crippen molar-refractivity contribution in [2.45, 2.75) is 18.8 Å². The van der Waals surface area contributed by atoms with Crippen molar-refractivity contribution in [3.63, 3.8) is 0 Å². The number of aromatic nitrogens is 1. The molecular formula is C16H17NS. The molecule has 1 aliphatic rings. The van der Waals surface area contributed by atoms with Gasteiger partial charge in [-0.15, -0.1) is 11.8 Å². The van der Waals surface area contributed by atoms with Crippen LogP contribution >= 0.6 is 11.8 Å². The lowest BCUT2D eigenvalue weighted by molar-refractivity contribution is 0.734. The van der Waals surface area contributed by atoms with Crippen molar-refractivity contribution in [3.05, 3.63) is 66.0 Å². The molecule has 0 bridgehead atoms. The monoisotopic (exact) mass is 255 g/mol. The number of hydrogen-bond donors (Lipinski definition) is 0. The zero-order valence-electron chi connectivity index (χ0n) is 10.5. The zero-order chi connectivity index (χ0) is 12.4. The highest BCUT2D eigenvalue weighted by molar-refractivity contribution is 8.07. The minimum atomic E-state index is 0.536. The first-order chi connectivity index (χ1) is 8.88. The minimum absolute atomic E-state index is 0.536. The standard InChI is InChI=1S/C16H17NS/c1-18-16-12-14(13-6-3-2-4-7-13)9-10-15-8-5-11-17(15)16/h2-8,11-12,14H,9-10H2,1H3. The Morgan fingerprint density at radius 2 is 1.94 bits per heavy atom. The Morgan fingerprint density at radius 3 is 2.72 bits per heavy atom. The van der Waals surface area contributed by atoms with E-state index >= 15 is 0 Å². The number of nitrogens with zero attached hydrogens (tertiary/aromatic N) is 1. The molecule has 92 valence electrons. The quantitative estimate of drug-likeness (QED) is 0.771. The number of aryl methyl sites for hydroxylation is 1. The van der Waals surface area contributed by atoms with E-state index in [2.05, 4.69) is 65.6 Å². The van der Waals surface area contributed by atoms with E-state index in [1.54, 1.807) is 0 Å². The van der Waals surface area contributed by atoms with Gasteiger partial charge < -0.3 is 4.57 Å². The van der Waals surface area contributed by atoms with Gasteiger partial charge in [0.15, 0.2) is 0 Å². The van der Waals surface area contributed by atoms with E-state index in [1.807, 2.05) is 11.8 Å². The van der Waals surface area contributed by atoms with E-state index in [4.69, 9.17) is 0 Å². The van der Waals surface area contributed by atoms with Gasteiger partial charge in [0, 0.05) is 17.8 Å². The van der Waals surface area contributed by atoms with E-state index in [9.17, 15) is 0 Å². The number of allylic oxidation sites excluding steroid dienone is 1. The molecule has 0 amide bonds. The molecule has 0 spiro atoms. The van der Waals surface area contributed by atoms with Crippen LogP contribution in [0.15, 0.2) is 54.7 Å². The number of hydrogen-bond acceptors (Lipinski definition) is 1. The third kappa shape index (κ3) is 2.13. The summed E-state index contributed by atoms with van der Waals surface area (Å²) >= 11 is 1.83. The van der Waals surface area contributed by atoms with Gasteiger partial charge in [0.2, 0.25) is 0 Å². The fourth-order valence-corrected chi connectivity index (χ4v) is 3.28. The summed E-state index contributed by atoms with van der Waals surface area (Å²) in [5.74, 6) is 0.536. The summed E-state index contributed by atoms with van der Waals surface area (Å²) in [6, 6.07) is 15.2. The first kappa shape index (κ1) is 11.7. The molecule has 2 heteroatoms. The molecule has 1 unspecified atom stereocenters. The van der Waals surface area contributed by atoms with Crippen molar-refractivity contribution in [1.82, 2.24) is 4.57 Å². The van der Waals surface area contributed by atoms with Gasteiger partial charge in [0.25, 0.3) is 0 Å². The predicted octanol–water partition coefficient (Wildman–Crippen LogP) is 4.38. The molecule has 2 heterocycles. The highest BCUT2D eigenvalue weighted by atomic mass is 32.2. The van der Waals surface area contributed by atoms with Crippen molar-refractivity contribution in [2.24, 2.45) is 0 Å². The van der Waals surface area contributed by atoms with E-state index in [1.165, 1.54) is 22.7 Å². The first-order valence-corrected chi connectivity index (χ1v) is 7.58. The largest absolute Gasteiger partial charge is 0.316 e. The lowest BCUT2D eigenvalue weighted by Gasteiger charge is -2.11. The molecule has 0 fully saturated rings. The molecule has 1 aromatic carbocycles. The molecule has 3 rings (SSSR count).